The molecule has 5 heteroatoms. The highest BCUT2D eigenvalue weighted by Gasteiger charge is 2.08. The quantitative estimate of drug-likeness (QED) is 0.773. The van der Waals surface area contributed by atoms with Gasteiger partial charge in [-0.2, -0.15) is 0 Å². The molecule has 1 N–H and O–H groups in total. The molecule has 0 saturated heterocycles. The second kappa shape index (κ2) is 6.48. The van der Waals surface area contributed by atoms with Gasteiger partial charge in [-0.3, -0.25) is 0 Å². The number of nitrogens with zero attached hydrogens (tertiary/aromatic N) is 2. The van der Waals surface area contributed by atoms with Crippen molar-refractivity contribution in [3.8, 4) is 0 Å². The van der Waals surface area contributed by atoms with E-state index in [1.807, 2.05) is 25.1 Å². The molecular formula is C14H15Br2N3. The lowest BCUT2D eigenvalue weighted by Gasteiger charge is -2.15. The van der Waals surface area contributed by atoms with E-state index in [0.29, 0.717) is 0 Å². The highest BCUT2D eigenvalue weighted by molar-refractivity contribution is 9.10. The summed E-state index contributed by atoms with van der Waals surface area (Å²) < 4.78 is 1.89. The van der Waals surface area contributed by atoms with Crippen molar-refractivity contribution in [3.05, 3.63) is 50.8 Å². The molecule has 19 heavy (non-hydrogen) atoms. The maximum absolute atomic E-state index is 4.47. The largest absolute Gasteiger partial charge is 0.363 e. The number of aryl methyl sites for hydroxylation is 1. The van der Waals surface area contributed by atoms with Gasteiger partial charge in [0, 0.05) is 23.0 Å². The third-order valence-electron chi connectivity index (χ3n) is 2.79. The number of hydrogen-bond donors (Lipinski definition) is 1. The zero-order chi connectivity index (χ0) is 13.8. The smallest absolute Gasteiger partial charge is 0.131 e. The van der Waals surface area contributed by atoms with Crippen LogP contribution >= 0.6 is 31.9 Å². The first-order chi connectivity index (χ1) is 9.08. The van der Waals surface area contributed by atoms with Crippen LogP contribution in [0.2, 0.25) is 0 Å². The number of halogens is 2. The maximum Gasteiger partial charge on any atom is 0.131 e. The van der Waals surface area contributed by atoms with Gasteiger partial charge in [-0.05, 0) is 40.5 Å². The van der Waals surface area contributed by atoms with Crippen LogP contribution in [-0.4, -0.2) is 9.97 Å². The number of anilines is 1. The van der Waals surface area contributed by atoms with Crippen LogP contribution in [0.3, 0.4) is 0 Å². The minimum Gasteiger partial charge on any atom is -0.363 e. The van der Waals surface area contributed by atoms with Crippen LogP contribution in [0, 0.1) is 0 Å². The maximum atomic E-state index is 4.47. The molecule has 100 valence electrons. The lowest BCUT2D eigenvalue weighted by atomic mass is 10.1. The number of nitrogens with one attached hydrogen (secondary N) is 1. The fourth-order valence-electron chi connectivity index (χ4n) is 1.75. The highest BCUT2D eigenvalue weighted by atomic mass is 79.9. The Morgan fingerprint density at radius 2 is 1.84 bits per heavy atom. The Morgan fingerprint density at radius 1 is 1.16 bits per heavy atom. The molecule has 0 amide bonds. The molecule has 1 atom stereocenters. The van der Waals surface area contributed by atoms with Crippen molar-refractivity contribution >= 4 is 37.7 Å². The summed E-state index contributed by atoms with van der Waals surface area (Å²) in [6.45, 7) is 4.16. The van der Waals surface area contributed by atoms with E-state index in [-0.39, 0.29) is 6.04 Å². The lowest BCUT2D eigenvalue weighted by Crippen LogP contribution is -2.09. The van der Waals surface area contributed by atoms with Crippen LogP contribution in [0.5, 0.6) is 0 Å². The predicted octanol–water partition coefficient (Wildman–Crippen LogP) is 4.74. The van der Waals surface area contributed by atoms with Crippen molar-refractivity contribution in [2.75, 3.05) is 5.32 Å². The van der Waals surface area contributed by atoms with Crippen molar-refractivity contribution in [2.24, 2.45) is 0 Å². The van der Waals surface area contributed by atoms with Crippen LogP contribution in [0.15, 0.2) is 39.4 Å². The molecular weight excluding hydrogens is 370 g/mol. The van der Waals surface area contributed by atoms with Gasteiger partial charge >= 0.3 is 0 Å². The fraction of sp³-hybridized carbons (Fsp3) is 0.286. The number of rotatable bonds is 4. The first-order valence-corrected chi connectivity index (χ1v) is 7.72. The molecule has 0 aliphatic carbocycles. The van der Waals surface area contributed by atoms with Crippen molar-refractivity contribution in [1.82, 2.24) is 9.97 Å². The Balaban J connectivity index is 2.16. The van der Waals surface area contributed by atoms with Crippen molar-refractivity contribution < 1.29 is 0 Å². The Hall–Kier alpha value is -0.940. The van der Waals surface area contributed by atoms with Crippen LogP contribution < -0.4 is 5.32 Å². The monoisotopic (exact) mass is 383 g/mol. The van der Waals surface area contributed by atoms with Gasteiger partial charge in [-0.1, -0.05) is 35.0 Å². The van der Waals surface area contributed by atoms with Crippen LogP contribution in [0.25, 0.3) is 0 Å². The molecule has 0 spiro atoms. The van der Waals surface area contributed by atoms with Crippen molar-refractivity contribution in [3.63, 3.8) is 0 Å². The fourth-order valence-corrected chi connectivity index (χ4v) is 2.44. The van der Waals surface area contributed by atoms with E-state index >= 15 is 0 Å². The van der Waals surface area contributed by atoms with Gasteiger partial charge in [0.25, 0.3) is 0 Å². The molecule has 0 aliphatic rings. The second-order valence-electron chi connectivity index (χ2n) is 4.26. The number of benzene rings is 1. The average Bonchev–Trinajstić information content (AvgIpc) is 2.38. The predicted molar refractivity (Wildman–Crippen MR) is 85.3 cm³/mol. The standard InChI is InChI=1S/C14H15Br2N3/c1-3-13-18-12(16)8-14(19-13)17-9(2)10-4-6-11(15)7-5-10/h4-9H,3H2,1-2H3,(H,17,18,19). The van der Waals surface area contributed by atoms with Gasteiger partial charge in [0.15, 0.2) is 0 Å². The molecule has 1 unspecified atom stereocenters. The zero-order valence-corrected chi connectivity index (χ0v) is 14.0. The van der Waals surface area contributed by atoms with Gasteiger partial charge in [0.1, 0.15) is 16.2 Å². The molecule has 0 aliphatic heterocycles. The lowest BCUT2D eigenvalue weighted by molar-refractivity contribution is 0.853. The summed E-state index contributed by atoms with van der Waals surface area (Å²) in [5.74, 6) is 1.68. The molecule has 1 aromatic carbocycles. The minimum atomic E-state index is 0.194. The van der Waals surface area contributed by atoms with E-state index in [4.69, 9.17) is 0 Å². The highest BCUT2D eigenvalue weighted by Crippen LogP contribution is 2.21. The summed E-state index contributed by atoms with van der Waals surface area (Å²) in [6, 6.07) is 10.4. The first-order valence-electron chi connectivity index (χ1n) is 6.14. The van der Waals surface area contributed by atoms with Crippen LogP contribution in [0.1, 0.15) is 31.3 Å². The molecule has 3 nitrogen and oxygen atoms in total. The summed E-state index contributed by atoms with van der Waals surface area (Å²) in [6.07, 6.45) is 0.820. The number of aromatic nitrogens is 2. The Bertz CT molecular complexity index is 555. The molecule has 1 aromatic heterocycles. The molecule has 0 fully saturated rings. The van der Waals surface area contributed by atoms with Crippen molar-refractivity contribution in [2.45, 2.75) is 26.3 Å². The summed E-state index contributed by atoms with van der Waals surface area (Å²) in [4.78, 5) is 8.78. The Morgan fingerprint density at radius 3 is 2.47 bits per heavy atom. The molecule has 1 heterocycles. The SMILES string of the molecule is CCc1nc(Br)cc(NC(C)c2ccc(Br)cc2)n1. The zero-order valence-electron chi connectivity index (χ0n) is 10.8. The van der Waals surface area contributed by atoms with Crippen LogP contribution in [-0.2, 0) is 6.42 Å². The van der Waals surface area contributed by atoms with E-state index < -0.39 is 0 Å². The molecule has 2 rings (SSSR count). The third-order valence-corrected chi connectivity index (χ3v) is 3.73. The van der Waals surface area contributed by atoms with Gasteiger partial charge in [-0.25, -0.2) is 9.97 Å². The summed E-state index contributed by atoms with van der Waals surface area (Å²) >= 11 is 6.85. The Kier molecular flexibility index (Phi) is 4.93. The van der Waals surface area contributed by atoms with Gasteiger partial charge in [0.2, 0.25) is 0 Å². The van der Waals surface area contributed by atoms with E-state index in [2.05, 4.69) is 66.2 Å². The summed E-state index contributed by atoms with van der Waals surface area (Å²) in [7, 11) is 0. The summed E-state index contributed by atoms with van der Waals surface area (Å²) in [5.41, 5.74) is 1.22. The van der Waals surface area contributed by atoms with Crippen LogP contribution in [0.4, 0.5) is 5.82 Å². The van der Waals surface area contributed by atoms with E-state index in [9.17, 15) is 0 Å². The van der Waals surface area contributed by atoms with E-state index in [1.54, 1.807) is 0 Å². The molecule has 0 bridgehead atoms. The molecule has 0 saturated carbocycles. The second-order valence-corrected chi connectivity index (χ2v) is 5.99. The minimum absolute atomic E-state index is 0.194. The third kappa shape index (κ3) is 4.01. The molecule has 2 aromatic rings. The van der Waals surface area contributed by atoms with Crippen molar-refractivity contribution in [1.29, 1.82) is 0 Å². The van der Waals surface area contributed by atoms with E-state index in [1.165, 1.54) is 5.56 Å². The number of hydrogen-bond acceptors (Lipinski definition) is 3. The van der Waals surface area contributed by atoms with Gasteiger partial charge in [0.05, 0.1) is 0 Å². The summed E-state index contributed by atoms with van der Waals surface area (Å²) in [5, 5.41) is 3.40. The normalized spacial score (nSPS) is 12.2. The first kappa shape index (κ1) is 14.5. The molecule has 0 radical (unpaired) electrons. The van der Waals surface area contributed by atoms with E-state index in [0.717, 1.165) is 27.1 Å². The Labute approximate surface area is 130 Å². The van der Waals surface area contributed by atoms with Gasteiger partial charge in [-0.15, -0.1) is 0 Å². The topological polar surface area (TPSA) is 37.8 Å². The van der Waals surface area contributed by atoms with Gasteiger partial charge < -0.3 is 5.32 Å². The average molecular weight is 385 g/mol.